The number of benzene rings is 2. The van der Waals surface area contributed by atoms with Gasteiger partial charge in [0.2, 0.25) is 0 Å². The zero-order chi connectivity index (χ0) is 20.3. The minimum absolute atomic E-state index is 0.178. The molecule has 3 rings (SSSR count). The van der Waals surface area contributed by atoms with Crippen LogP contribution in [0, 0.1) is 0 Å². The van der Waals surface area contributed by atoms with Crippen molar-refractivity contribution in [1.82, 2.24) is 10.2 Å². The molecule has 0 fully saturated rings. The van der Waals surface area contributed by atoms with Crippen molar-refractivity contribution >= 4 is 21.6 Å². The first-order valence-corrected chi connectivity index (χ1v) is 10.5. The molecule has 0 aromatic heterocycles. The van der Waals surface area contributed by atoms with Crippen LogP contribution in [0.3, 0.4) is 0 Å². The first-order valence-electron chi connectivity index (χ1n) is 9.06. The second kappa shape index (κ2) is 8.20. The molecular formula is C20H25N3O4S. The van der Waals surface area contributed by atoms with Crippen LogP contribution in [0.2, 0.25) is 0 Å². The molecular weight excluding hydrogens is 378 g/mol. The lowest BCUT2D eigenvalue weighted by molar-refractivity contribution is 0.0950. The number of nitrogens with zero attached hydrogens (tertiary/aromatic N) is 2. The van der Waals surface area contributed by atoms with Gasteiger partial charge in [-0.1, -0.05) is 6.07 Å². The standard InChI is InChI=1S/C20H25N3O4S/c1-22(2)14-12-21-20(24)18-5-4-6-19-17(18)11-13-23(19)28(25,26)16-9-7-15(27-3)8-10-16/h4-10H,11-14H2,1-3H3,(H,21,24). The first kappa shape index (κ1) is 20.2. The van der Waals surface area contributed by atoms with Crippen molar-refractivity contribution in [3.05, 3.63) is 53.6 Å². The lowest BCUT2D eigenvalue weighted by atomic mass is 10.0. The number of ether oxygens (including phenoxy) is 1. The number of methoxy groups -OCH3 is 1. The second-order valence-electron chi connectivity index (χ2n) is 6.87. The summed E-state index contributed by atoms with van der Waals surface area (Å²) in [6, 6.07) is 11.5. The average molecular weight is 404 g/mol. The van der Waals surface area contributed by atoms with Crippen LogP contribution in [-0.2, 0) is 16.4 Å². The summed E-state index contributed by atoms with van der Waals surface area (Å²) in [7, 11) is 1.70. The molecule has 2 aromatic carbocycles. The number of anilines is 1. The summed E-state index contributed by atoms with van der Waals surface area (Å²) in [5, 5.41) is 2.90. The SMILES string of the molecule is COc1ccc(S(=O)(=O)N2CCc3c(C(=O)NCCN(C)C)cccc32)cc1. The molecule has 1 N–H and O–H groups in total. The molecule has 0 radical (unpaired) electrons. The number of rotatable bonds is 7. The third-order valence-corrected chi connectivity index (χ3v) is 6.55. The van der Waals surface area contributed by atoms with Gasteiger partial charge in [-0.25, -0.2) is 8.42 Å². The largest absolute Gasteiger partial charge is 0.497 e. The third-order valence-electron chi connectivity index (χ3n) is 4.72. The third kappa shape index (κ3) is 3.98. The molecule has 1 aliphatic rings. The molecule has 1 aliphatic heterocycles. The number of likely N-dealkylation sites (N-methyl/N-ethyl adjacent to an activating group) is 1. The van der Waals surface area contributed by atoms with E-state index in [1.807, 2.05) is 19.0 Å². The summed E-state index contributed by atoms with van der Waals surface area (Å²) in [6.07, 6.45) is 0.502. The normalized spacial score (nSPS) is 13.5. The van der Waals surface area contributed by atoms with Gasteiger partial charge in [0.1, 0.15) is 5.75 Å². The molecule has 150 valence electrons. The highest BCUT2D eigenvalue weighted by atomic mass is 32.2. The number of fused-ring (bicyclic) bond motifs is 1. The Morgan fingerprint density at radius 2 is 1.89 bits per heavy atom. The molecule has 0 saturated heterocycles. The van der Waals surface area contributed by atoms with E-state index in [0.29, 0.717) is 36.5 Å². The number of hydrogen-bond donors (Lipinski definition) is 1. The Kier molecular flexibility index (Phi) is 5.90. The van der Waals surface area contributed by atoms with E-state index in [2.05, 4.69) is 5.32 Å². The highest BCUT2D eigenvalue weighted by Gasteiger charge is 2.33. The minimum atomic E-state index is -3.71. The van der Waals surface area contributed by atoms with Crippen LogP contribution in [-0.4, -0.2) is 60.1 Å². The molecule has 1 amide bonds. The van der Waals surface area contributed by atoms with E-state index < -0.39 is 10.0 Å². The van der Waals surface area contributed by atoms with Crippen LogP contribution in [0.15, 0.2) is 47.4 Å². The Bertz CT molecular complexity index is 956. The summed E-state index contributed by atoms with van der Waals surface area (Å²) >= 11 is 0. The summed E-state index contributed by atoms with van der Waals surface area (Å²) < 4.78 is 32.7. The molecule has 0 bridgehead atoms. The van der Waals surface area contributed by atoms with Gasteiger partial charge in [-0.3, -0.25) is 9.10 Å². The zero-order valence-electron chi connectivity index (χ0n) is 16.3. The molecule has 0 aliphatic carbocycles. The van der Waals surface area contributed by atoms with Gasteiger partial charge in [-0.05, 0) is 62.5 Å². The van der Waals surface area contributed by atoms with Gasteiger partial charge in [0.25, 0.3) is 15.9 Å². The Labute approximate surface area is 166 Å². The number of carbonyl (C=O) groups excluding carboxylic acids is 1. The molecule has 2 aromatic rings. The van der Waals surface area contributed by atoms with Gasteiger partial charge in [0.05, 0.1) is 17.7 Å². The van der Waals surface area contributed by atoms with Crippen molar-refractivity contribution in [3.8, 4) is 5.75 Å². The molecule has 28 heavy (non-hydrogen) atoms. The molecule has 7 nitrogen and oxygen atoms in total. The fourth-order valence-corrected chi connectivity index (χ4v) is 4.73. The zero-order valence-corrected chi connectivity index (χ0v) is 17.1. The van der Waals surface area contributed by atoms with E-state index in [0.717, 1.165) is 12.1 Å². The van der Waals surface area contributed by atoms with Gasteiger partial charge in [0, 0.05) is 25.2 Å². The van der Waals surface area contributed by atoms with E-state index in [1.165, 1.54) is 23.5 Å². The minimum Gasteiger partial charge on any atom is -0.497 e. The van der Waals surface area contributed by atoms with Crippen molar-refractivity contribution in [2.75, 3.05) is 45.1 Å². The maximum atomic E-state index is 13.1. The monoisotopic (exact) mass is 403 g/mol. The van der Waals surface area contributed by atoms with Gasteiger partial charge < -0.3 is 15.0 Å². The first-order chi connectivity index (χ1) is 13.3. The Morgan fingerprint density at radius 3 is 2.54 bits per heavy atom. The highest BCUT2D eigenvalue weighted by molar-refractivity contribution is 7.92. The molecule has 0 spiro atoms. The van der Waals surface area contributed by atoms with Crippen LogP contribution in [0.25, 0.3) is 0 Å². The fraction of sp³-hybridized carbons (Fsp3) is 0.350. The second-order valence-corrected chi connectivity index (χ2v) is 8.73. The van der Waals surface area contributed by atoms with Crippen LogP contribution < -0.4 is 14.4 Å². The Balaban J connectivity index is 1.86. The van der Waals surface area contributed by atoms with Crippen LogP contribution in [0.4, 0.5) is 5.69 Å². The smallest absolute Gasteiger partial charge is 0.264 e. The van der Waals surface area contributed by atoms with Gasteiger partial charge in [0.15, 0.2) is 0 Å². The van der Waals surface area contributed by atoms with E-state index in [9.17, 15) is 13.2 Å². The number of nitrogens with one attached hydrogen (secondary N) is 1. The lowest BCUT2D eigenvalue weighted by Gasteiger charge is -2.20. The summed E-state index contributed by atoms with van der Waals surface area (Å²) in [4.78, 5) is 14.8. The van der Waals surface area contributed by atoms with E-state index >= 15 is 0 Å². The van der Waals surface area contributed by atoms with E-state index in [4.69, 9.17) is 4.74 Å². The quantitative estimate of drug-likeness (QED) is 0.762. The van der Waals surface area contributed by atoms with Crippen molar-refractivity contribution in [1.29, 1.82) is 0 Å². The van der Waals surface area contributed by atoms with Crippen molar-refractivity contribution < 1.29 is 17.9 Å². The number of carbonyl (C=O) groups is 1. The number of hydrogen-bond acceptors (Lipinski definition) is 5. The van der Waals surface area contributed by atoms with E-state index in [1.54, 1.807) is 30.3 Å². The average Bonchev–Trinajstić information content (AvgIpc) is 3.12. The molecule has 0 unspecified atom stereocenters. The maximum absolute atomic E-state index is 13.1. The predicted octanol–water partition coefficient (Wildman–Crippen LogP) is 1.74. The van der Waals surface area contributed by atoms with Crippen LogP contribution >= 0.6 is 0 Å². The van der Waals surface area contributed by atoms with Crippen molar-refractivity contribution in [3.63, 3.8) is 0 Å². The highest BCUT2D eigenvalue weighted by Crippen LogP contribution is 2.35. The van der Waals surface area contributed by atoms with Crippen molar-refractivity contribution in [2.45, 2.75) is 11.3 Å². The summed E-state index contributed by atoms with van der Waals surface area (Å²) in [6.45, 7) is 1.58. The summed E-state index contributed by atoms with van der Waals surface area (Å²) in [5.41, 5.74) is 1.86. The van der Waals surface area contributed by atoms with Crippen LogP contribution in [0.1, 0.15) is 15.9 Å². The van der Waals surface area contributed by atoms with Gasteiger partial charge in [-0.15, -0.1) is 0 Å². The number of amides is 1. The predicted molar refractivity (Wildman–Crippen MR) is 109 cm³/mol. The number of sulfonamides is 1. The molecule has 8 heteroatoms. The molecule has 1 heterocycles. The molecule has 0 saturated carbocycles. The van der Waals surface area contributed by atoms with E-state index in [-0.39, 0.29) is 10.8 Å². The fourth-order valence-electron chi connectivity index (χ4n) is 3.23. The maximum Gasteiger partial charge on any atom is 0.264 e. The summed E-state index contributed by atoms with van der Waals surface area (Å²) in [5.74, 6) is 0.417. The van der Waals surface area contributed by atoms with Gasteiger partial charge >= 0.3 is 0 Å². The lowest BCUT2D eigenvalue weighted by Crippen LogP contribution is -2.31. The Morgan fingerprint density at radius 1 is 1.18 bits per heavy atom. The van der Waals surface area contributed by atoms with Gasteiger partial charge in [-0.2, -0.15) is 0 Å². The Hall–Kier alpha value is -2.58. The van der Waals surface area contributed by atoms with Crippen molar-refractivity contribution in [2.24, 2.45) is 0 Å². The van der Waals surface area contributed by atoms with Crippen LogP contribution in [0.5, 0.6) is 5.75 Å². The molecule has 0 atom stereocenters. The topological polar surface area (TPSA) is 79.0 Å².